The smallest absolute Gasteiger partial charge is 0.223 e. The van der Waals surface area contributed by atoms with Gasteiger partial charge in [0.25, 0.3) is 0 Å². The molecule has 3 N–H and O–H groups in total. The van der Waals surface area contributed by atoms with Crippen LogP contribution >= 0.6 is 15.9 Å². The van der Waals surface area contributed by atoms with Crippen molar-refractivity contribution < 1.29 is 9.53 Å². The first kappa shape index (κ1) is 17.0. The van der Waals surface area contributed by atoms with Crippen LogP contribution in [0.3, 0.4) is 0 Å². The molecule has 0 unspecified atom stereocenters. The highest BCUT2D eigenvalue weighted by Crippen LogP contribution is 2.18. The van der Waals surface area contributed by atoms with Gasteiger partial charge in [-0.15, -0.1) is 0 Å². The number of rotatable bonds is 8. The van der Waals surface area contributed by atoms with E-state index in [0.717, 1.165) is 23.1 Å². The molecular weight excluding hydrogens is 320 g/mol. The van der Waals surface area contributed by atoms with Gasteiger partial charge >= 0.3 is 0 Å². The van der Waals surface area contributed by atoms with Gasteiger partial charge in [0.05, 0.1) is 18.6 Å². The van der Waals surface area contributed by atoms with Crippen LogP contribution in [0.4, 0.5) is 0 Å². The molecule has 0 atom stereocenters. The van der Waals surface area contributed by atoms with Crippen molar-refractivity contribution in [3.63, 3.8) is 0 Å². The summed E-state index contributed by atoms with van der Waals surface area (Å²) >= 11 is 3.38. The number of ether oxygens (including phenoxy) is 1. The third-order valence-corrected chi connectivity index (χ3v) is 4.04. The van der Waals surface area contributed by atoms with Gasteiger partial charge in [-0.3, -0.25) is 4.79 Å². The first-order valence-electron chi connectivity index (χ1n) is 6.94. The van der Waals surface area contributed by atoms with Gasteiger partial charge in [-0.25, -0.2) is 0 Å². The lowest BCUT2D eigenvalue weighted by atomic mass is 9.93. The SMILES string of the molecule is CCC(CC)(CN)NC(=O)CCOc1cccc(Br)c1. The number of benzene rings is 1. The number of hydrogen-bond acceptors (Lipinski definition) is 3. The number of hydrogen-bond donors (Lipinski definition) is 2. The standard InChI is InChI=1S/C15H23BrN2O2/c1-3-15(4-2,11-17)18-14(19)8-9-20-13-7-5-6-12(16)10-13/h5-7,10H,3-4,8-9,11,17H2,1-2H3,(H,18,19). The van der Waals surface area contributed by atoms with Gasteiger partial charge in [0.2, 0.25) is 5.91 Å². The van der Waals surface area contributed by atoms with E-state index in [1.54, 1.807) is 0 Å². The highest BCUT2D eigenvalue weighted by atomic mass is 79.9. The van der Waals surface area contributed by atoms with Crippen LogP contribution in [-0.4, -0.2) is 24.6 Å². The van der Waals surface area contributed by atoms with E-state index in [-0.39, 0.29) is 11.4 Å². The van der Waals surface area contributed by atoms with Crippen LogP contribution in [0.25, 0.3) is 0 Å². The van der Waals surface area contributed by atoms with Crippen LogP contribution in [0.5, 0.6) is 5.75 Å². The molecule has 0 saturated carbocycles. The Hall–Kier alpha value is -1.07. The molecule has 112 valence electrons. The van der Waals surface area contributed by atoms with Crippen molar-refractivity contribution >= 4 is 21.8 Å². The molecule has 0 spiro atoms. The molecular formula is C15H23BrN2O2. The molecule has 0 bridgehead atoms. The summed E-state index contributed by atoms with van der Waals surface area (Å²) < 4.78 is 6.51. The quantitative estimate of drug-likeness (QED) is 0.763. The molecule has 0 fully saturated rings. The van der Waals surface area contributed by atoms with Crippen LogP contribution in [0.1, 0.15) is 33.1 Å². The topological polar surface area (TPSA) is 64.3 Å². The fraction of sp³-hybridized carbons (Fsp3) is 0.533. The monoisotopic (exact) mass is 342 g/mol. The Morgan fingerprint density at radius 1 is 1.40 bits per heavy atom. The number of nitrogens with one attached hydrogen (secondary N) is 1. The zero-order chi connectivity index (χ0) is 15.0. The second kappa shape index (κ2) is 8.27. The molecule has 20 heavy (non-hydrogen) atoms. The summed E-state index contributed by atoms with van der Waals surface area (Å²) in [4.78, 5) is 11.9. The summed E-state index contributed by atoms with van der Waals surface area (Å²) in [6, 6.07) is 7.57. The van der Waals surface area contributed by atoms with E-state index < -0.39 is 0 Å². The second-order valence-electron chi connectivity index (χ2n) is 4.80. The summed E-state index contributed by atoms with van der Waals surface area (Å²) in [5.41, 5.74) is 5.48. The Kier molecular flexibility index (Phi) is 7.02. The Bertz CT molecular complexity index is 425. The zero-order valence-corrected chi connectivity index (χ0v) is 13.7. The first-order chi connectivity index (χ1) is 9.55. The molecule has 0 aliphatic rings. The predicted molar refractivity (Wildman–Crippen MR) is 84.8 cm³/mol. The molecule has 0 saturated heterocycles. The van der Waals surface area contributed by atoms with Crippen LogP contribution in [0.2, 0.25) is 0 Å². The molecule has 0 aromatic heterocycles. The maximum absolute atomic E-state index is 11.9. The van der Waals surface area contributed by atoms with Crippen molar-refractivity contribution in [3.8, 4) is 5.75 Å². The fourth-order valence-corrected chi connectivity index (χ4v) is 2.32. The van der Waals surface area contributed by atoms with Crippen LogP contribution < -0.4 is 15.8 Å². The van der Waals surface area contributed by atoms with Crippen molar-refractivity contribution in [1.82, 2.24) is 5.32 Å². The van der Waals surface area contributed by atoms with Crippen molar-refractivity contribution in [2.45, 2.75) is 38.6 Å². The normalized spacial score (nSPS) is 11.2. The maximum Gasteiger partial charge on any atom is 0.223 e. The fourth-order valence-electron chi connectivity index (χ4n) is 1.94. The number of carbonyl (C=O) groups excluding carboxylic acids is 1. The highest BCUT2D eigenvalue weighted by Gasteiger charge is 2.25. The van der Waals surface area contributed by atoms with Crippen molar-refractivity contribution in [2.24, 2.45) is 5.73 Å². The molecule has 4 nitrogen and oxygen atoms in total. The van der Waals surface area contributed by atoms with Gasteiger partial charge in [0.15, 0.2) is 0 Å². The number of carbonyl (C=O) groups is 1. The molecule has 0 aliphatic heterocycles. The molecule has 1 aromatic carbocycles. The van der Waals surface area contributed by atoms with E-state index >= 15 is 0 Å². The van der Waals surface area contributed by atoms with E-state index in [1.165, 1.54) is 0 Å². The highest BCUT2D eigenvalue weighted by molar-refractivity contribution is 9.10. The number of amides is 1. The summed E-state index contributed by atoms with van der Waals surface area (Å²) in [5, 5.41) is 3.02. The molecule has 0 heterocycles. The lowest BCUT2D eigenvalue weighted by molar-refractivity contribution is -0.123. The lowest BCUT2D eigenvalue weighted by Crippen LogP contribution is -2.53. The van der Waals surface area contributed by atoms with Crippen molar-refractivity contribution in [2.75, 3.05) is 13.2 Å². The number of halogens is 1. The van der Waals surface area contributed by atoms with Crippen molar-refractivity contribution in [1.29, 1.82) is 0 Å². The van der Waals surface area contributed by atoms with E-state index in [0.29, 0.717) is 19.6 Å². The molecule has 5 heteroatoms. The second-order valence-corrected chi connectivity index (χ2v) is 5.71. The number of nitrogens with two attached hydrogens (primary N) is 1. The van der Waals surface area contributed by atoms with Crippen LogP contribution in [0.15, 0.2) is 28.7 Å². The van der Waals surface area contributed by atoms with Gasteiger partial charge < -0.3 is 15.8 Å². The van der Waals surface area contributed by atoms with Gasteiger partial charge in [-0.05, 0) is 31.0 Å². The minimum atomic E-state index is -0.285. The van der Waals surface area contributed by atoms with Gasteiger partial charge in [-0.1, -0.05) is 35.8 Å². The van der Waals surface area contributed by atoms with Gasteiger partial charge in [0.1, 0.15) is 5.75 Å². The maximum atomic E-state index is 11.9. The first-order valence-corrected chi connectivity index (χ1v) is 7.74. The van der Waals surface area contributed by atoms with Gasteiger partial charge in [-0.2, -0.15) is 0 Å². The third-order valence-electron chi connectivity index (χ3n) is 3.54. The summed E-state index contributed by atoms with van der Waals surface area (Å²) in [5.74, 6) is 0.734. The predicted octanol–water partition coefficient (Wildman–Crippen LogP) is 2.85. The van der Waals surface area contributed by atoms with Crippen molar-refractivity contribution in [3.05, 3.63) is 28.7 Å². The third kappa shape index (κ3) is 5.13. The molecule has 0 aliphatic carbocycles. The Labute approximate surface area is 129 Å². The minimum absolute atomic E-state index is 0.0193. The zero-order valence-electron chi connectivity index (χ0n) is 12.1. The van der Waals surface area contributed by atoms with E-state index in [9.17, 15) is 4.79 Å². The molecule has 1 rings (SSSR count). The minimum Gasteiger partial charge on any atom is -0.493 e. The van der Waals surface area contributed by atoms with E-state index in [4.69, 9.17) is 10.5 Å². The molecule has 1 aromatic rings. The van der Waals surface area contributed by atoms with Crippen LogP contribution in [0, 0.1) is 0 Å². The Morgan fingerprint density at radius 2 is 2.10 bits per heavy atom. The van der Waals surface area contributed by atoms with E-state index in [1.807, 2.05) is 38.1 Å². The largest absolute Gasteiger partial charge is 0.493 e. The lowest BCUT2D eigenvalue weighted by Gasteiger charge is -2.31. The molecule has 1 amide bonds. The summed E-state index contributed by atoms with van der Waals surface area (Å²) in [7, 11) is 0. The van der Waals surface area contributed by atoms with Gasteiger partial charge in [0, 0.05) is 11.0 Å². The van der Waals surface area contributed by atoms with E-state index in [2.05, 4.69) is 21.2 Å². The summed E-state index contributed by atoms with van der Waals surface area (Å²) in [6.45, 7) is 4.89. The average molecular weight is 343 g/mol. The average Bonchev–Trinajstić information content (AvgIpc) is 2.45. The van der Waals surface area contributed by atoms with Crippen LogP contribution in [-0.2, 0) is 4.79 Å². The summed E-state index contributed by atoms with van der Waals surface area (Å²) in [6.07, 6.45) is 1.99. The Morgan fingerprint density at radius 3 is 2.65 bits per heavy atom. The molecule has 0 radical (unpaired) electrons. The Balaban J connectivity index is 2.40.